The van der Waals surface area contributed by atoms with Crippen LogP contribution in [-0.2, 0) is 11.3 Å². The van der Waals surface area contributed by atoms with E-state index in [2.05, 4.69) is 25.0 Å². The maximum Gasteiger partial charge on any atom is 0.358 e. The fourth-order valence-corrected chi connectivity index (χ4v) is 1.31. The lowest BCUT2D eigenvalue weighted by molar-refractivity contribution is 0.0593. The molecule has 0 aliphatic carbocycles. The molecule has 0 atom stereocenters. The summed E-state index contributed by atoms with van der Waals surface area (Å²) in [4.78, 5) is 23.3. The normalized spacial score (nSPS) is 9.83. The fourth-order valence-electron chi connectivity index (χ4n) is 1.31. The van der Waals surface area contributed by atoms with Crippen molar-refractivity contribution in [3.63, 3.8) is 0 Å². The average molecular weight is 244 g/mol. The van der Waals surface area contributed by atoms with Gasteiger partial charge in [0.2, 0.25) is 0 Å². The first-order chi connectivity index (χ1) is 8.79. The van der Waals surface area contributed by atoms with Crippen LogP contribution < -0.4 is 5.32 Å². The standard InChI is InChI=1S/C12H12N4O2/c1-18-12(17)10-7-16-11(8-14-10)15-6-9-4-2-3-5-13-9/h2-5,7-8H,6H2,1H3,(H,15,16). The Labute approximate surface area is 104 Å². The molecule has 6 nitrogen and oxygen atoms in total. The first-order valence-corrected chi connectivity index (χ1v) is 5.34. The molecule has 2 aromatic heterocycles. The van der Waals surface area contributed by atoms with E-state index >= 15 is 0 Å². The van der Waals surface area contributed by atoms with Gasteiger partial charge in [0.05, 0.1) is 31.7 Å². The van der Waals surface area contributed by atoms with Crippen LogP contribution in [0.3, 0.4) is 0 Å². The highest BCUT2D eigenvalue weighted by Crippen LogP contribution is 2.04. The summed E-state index contributed by atoms with van der Waals surface area (Å²) in [6.07, 6.45) is 4.57. The highest BCUT2D eigenvalue weighted by Gasteiger charge is 2.06. The largest absolute Gasteiger partial charge is 0.464 e. The average Bonchev–Trinajstić information content (AvgIpc) is 2.46. The van der Waals surface area contributed by atoms with Crippen LogP contribution >= 0.6 is 0 Å². The third kappa shape index (κ3) is 3.00. The first kappa shape index (κ1) is 12.0. The molecule has 2 rings (SSSR count). The molecule has 0 saturated heterocycles. The number of pyridine rings is 1. The van der Waals surface area contributed by atoms with Gasteiger partial charge in [0, 0.05) is 6.20 Å². The number of nitrogens with zero attached hydrogens (tertiary/aromatic N) is 3. The summed E-state index contributed by atoms with van der Waals surface area (Å²) in [6.45, 7) is 0.549. The molecule has 0 aliphatic heterocycles. The molecule has 0 aliphatic rings. The molecule has 92 valence electrons. The number of carbonyl (C=O) groups excluding carboxylic acids is 1. The van der Waals surface area contributed by atoms with Gasteiger partial charge in [0.15, 0.2) is 5.69 Å². The van der Waals surface area contributed by atoms with E-state index in [1.54, 1.807) is 6.20 Å². The van der Waals surface area contributed by atoms with Gasteiger partial charge in [-0.25, -0.2) is 14.8 Å². The van der Waals surface area contributed by atoms with Crippen molar-refractivity contribution in [2.24, 2.45) is 0 Å². The number of nitrogens with one attached hydrogen (secondary N) is 1. The van der Waals surface area contributed by atoms with E-state index in [1.807, 2.05) is 18.2 Å². The monoisotopic (exact) mass is 244 g/mol. The van der Waals surface area contributed by atoms with Crippen LogP contribution in [0.25, 0.3) is 0 Å². The minimum Gasteiger partial charge on any atom is -0.464 e. The molecular formula is C12H12N4O2. The van der Waals surface area contributed by atoms with Gasteiger partial charge in [-0.3, -0.25) is 4.98 Å². The molecule has 1 N–H and O–H groups in total. The first-order valence-electron chi connectivity index (χ1n) is 5.34. The minimum absolute atomic E-state index is 0.181. The van der Waals surface area contributed by atoms with Crippen molar-refractivity contribution in [3.8, 4) is 0 Å². The van der Waals surface area contributed by atoms with E-state index < -0.39 is 5.97 Å². The Balaban J connectivity index is 1.97. The van der Waals surface area contributed by atoms with Crippen LogP contribution in [-0.4, -0.2) is 28.0 Å². The van der Waals surface area contributed by atoms with Crippen LogP contribution in [0.2, 0.25) is 0 Å². The third-order valence-corrected chi connectivity index (χ3v) is 2.22. The highest BCUT2D eigenvalue weighted by atomic mass is 16.5. The Morgan fingerprint density at radius 2 is 2.17 bits per heavy atom. The second-order valence-electron chi connectivity index (χ2n) is 3.45. The molecule has 0 bridgehead atoms. The van der Waals surface area contributed by atoms with E-state index in [0.29, 0.717) is 12.4 Å². The predicted molar refractivity (Wildman–Crippen MR) is 64.9 cm³/mol. The molecule has 2 heterocycles. The van der Waals surface area contributed by atoms with Gasteiger partial charge in [0.25, 0.3) is 0 Å². The van der Waals surface area contributed by atoms with Crippen molar-refractivity contribution in [1.82, 2.24) is 15.0 Å². The SMILES string of the molecule is COC(=O)c1cnc(NCc2ccccn2)cn1. The molecule has 0 radical (unpaired) electrons. The van der Waals surface area contributed by atoms with Gasteiger partial charge in [-0.2, -0.15) is 0 Å². The summed E-state index contributed by atoms with van der Waals surface area (Å²) in [5, 5.41) is 3.06. The number of esters is 1. The molecule has 18 heavy (non-hydrogen) atoms. The van der Waals surface area contributed by atoms with Crippen LogP contribution in [0.15, 0.2) is 36.8 Å². The maximum atomic E-state index is 11.1. The number of anilines is 1. The van der Waals surface area contributed by atoms with Crippen LogP contribution in [0.4, 0.5) is 5.82 Å². The lowest BCUT2D eigenvalue weighted by Gasteiger charge is -2.04. The quantitative estimate of drug-likeness (QED) is 0.816. The number of methoxy groups -OCH3 is 1. The molecule has 6 heteroatoms. The van der Waals surface area contributed by atoms with Gasteiger partial charge >= 0.3 is 5.97 Å². The van der Waals surface area contributed by atoms with Crippen molar-refractivity contribution < 1.29 is 9.53 Å². The van der Waals surface area contributed by atoms with Crippen LogP contribution in [0.1, 0.15) is 16.2 Å². The summed E-state index contributed by atoms with van der Waals surface area (Å²) < 4.78 is 4.53. The summed E-state index contributed by atoms with van der Waals surface area (Å²) in [6, 6.07) is 5.67. The van der Waals surface area contributed by atoms with Gasteiger partial charge in [-0.15, -0.1) is 0 Å². The number of carbonyl (C=O) groups is 1. The molecule has 0 amide bonds. The van der Waals surface area contributed by atoms with Gasteiger partial charge < -0.3 is 10.1 Å². The zero-order valence-electron chi connectivity index (χ0n) is 9.83. The molecule has 0 saturated carbocycles. The number of hydrogen-bond acceptors (Lipinski definition) is 6. The van der Waals surface area contributed by atoms with E-state index in [9.17, 15) is 4.79 Å². The van der Waals surface area contributed by atoms with Crippen molar-refractivity contribution in [1.29, 1.82) is 0 Å². The smallest absolute Gasteiger partial charge is 0.358 e. The molecule has 2 aromatic rings. The van der Waals surface area contributed by atoms with Crippen molar-refractivity contribution in [2.45, 2.75) is 6.54 Å². The van der Waals surface area contributed by atoms with Crippen molar-refractivity contribution >= 4 is 11.8 Å². The number of ether oxygens (including phenoxy) is 1. The van der Waals surface area contributed by atoms with Gasteiger partial charge in [-0.05, 0) is 12.1 Å². The predicted octanol–water partition coefficient (Wildman–Crippen LogP) is 1.27. The van der Waals surface area contributed by atoms with E-state index in [4.69, 9.17) is 0 Å². The summed E-state index contributed by atoms with van der Waals surface area (Å²) in [7, 11) is 1.30. The Kier molecular flexibility index (Phi) is 3.80. The molecule has 0 aromatic carbocycles. The Bertz CT molecular complexity index is 513. The molecule has 0 fully saturated rings. The number of rotatable bonds is 4. The van der Waals surface area contributed by atoms with E-state index in [1.165, 1.54) is 19.5 Å². The van der Waals surface area contributed by atoms with Crippen LogP contribution in [0, 0.1) is 0 Å². The van der Waals surface area contributed by atoms with E-state index in [0.717, 1.165) is 5.69 Å². The fraction of sp³-hybridized carbons (Fsp3) is 0.167. The third-order valence-electron chi connectivity index (χ3n) is 2.22. The Morgan fingerprint density at radius 1 is 1.28 bits per heavy atom. The second-order valence-corrected chi connectivity index (χ2v) is 3.45. The summed E-state index contributed by atoms with van der Waals surface area (Å²) in [5.41, 5.74) is 1.08. The lowest BCUT2D eigenvalue weighted by Crippen LogP contribution is -2.07. The zero-order chi connectivity index (χ0) is 12.8. The summed E-state index contributed by atoms with van der Waals surface area (Å²) >= 11 is 0. The topological polar surface area (TPSA) is 77.0 Å². The lowest BCUT2D eigenvalue weighted by atomic mass is 10.3. The van der Waals surface area contributed by atoms with Crippen LogP contribution in [0.5, 0.6) is 0 Å². The summed E-state index contributed by atoms with van der Waals surface area (Å²) in [5.74, 6) is 0.0760. The molecule has 0 spiro atoms. The maximum absolute atomic E-state index is 11.1. The minimum atomic E-state index is -0.501. The van der Waals surface area contributed by atoms with Crippen molar-refractivity contribution in [3.05, 3.63) is 48.2 Å². The molecular weight excluding hydrogens is 232 g/mol. The Hall–Kier alpha value is -2.50. The molecule has 0 unspecified atom stereocenters. The second kappa shape index (κ2) is 5.72. The number of hydrogen-bond donors (Lipinski definition) is 1. The Morgan fingerprint density at radius 3 is 2.78 bits per heavy atom. The highest BCUT2D eigenvalue weighted by molar-refractivity contribution is 5.86. The van der Waals surface area contributed by atoms with E-state index in [-0.39, 0.29) is 5.69 Å². The van der Waals surface area contributed by atoms with Gasteiger partial charge in [-0.1, -0.05) is 6.07 Å². The zero-order valence-corrected chi connectivity index (χ0v) is 9.83. The van der Waals surface area contributed by atoms with Gasteiger partial charge in [0.1, 0.15) is 5.82 Å². The van der Waals surface area contributed by atoms with Crippen molar-refractivity contribution in [2.75, 3.05) is 12.4 Å². The number of aromatic nitrogens is 3.